The van der Waals surface area contributed by atoms with Gasteiger partial charge in [0.15, 0.2) is 12.6 Å². The molecule has 9 N–H and O–H groups in total. The number of ether oxygens (including phenoxy) is 8. The molecular weight excluding hydrogens is 824 g/mol. The topological polar surface area (TPSA) is 307 Å². The first-order chi connectivity index (χ1) is 29.1. The fraction of sp³-hybridized carbons (Fsp3) is 0.881. The van der Waals surface area contributed by atoms with Crippen molar-refractivity contribution in [2.24, 2.45) is 28.1 Å². The van der Waals surface area contributed by atoms with Crippen molar-refractivity contribution in [3.8, 4) is 0 Å². The molecule has 7 rings (SSSR count). The third-order valence-corrected chi connectivity index (χ3v) is 15.5. The van der Waals surface area contributed by atoms with Gasteiger partial charge >= 0.3 is 17.9 Å². The van der Waals surface area contributed by atoms with E-state index >= 15 is 0 Å². The fourth-order valence-electron chi connectivity index (χ4n) is 12.4. The molecule has 0 aromatic heterocycles. The molecule has 7 aliphatic rings. The predicted octanol–water partition coefficient (Wildman–Crippen LogP) is -1.80. The Morgan fingerprint density at radius 2 is 1.23 bits per heavy atom. The minimum atomic E-state index is -1.84. The van der Waals surface area contributed by atoms with E-state index in [1.54, 1.807) is 0 Å². The summed E-state index contributed by atoms with van der Waals surface area (Å²) in [4.78, 5) is 37.5. The van der Waals surface area contributed by atoms with Crippen molar-refractivity contribution in [1.29, 1.82) is 0 Å². The minimum Gasteiger partial charge on any atom is -0.463 e. The molecule has 3 saturated heterocycles. The molecule has 20 heteroatoms. The molecule has 0 amide bonds. The van der Waals surface area contributed by atoms with E-state index in [0.717, 1.165) is 12.0 Å². The Morgan fingerprint density at radius 3 is 1.84 bits per heavy atom. The minimum absolute atomic E-state index is 0.0799. The van der Waals surface area contributed by atoms with Gasteiger partial charge in [-0.05, 0) is 86.5 Å². The Hall–Kier alpha value is -2.41. The van der Waals surface area contributed by atoms with E-state index in [4.69, 9.17) is 37.9 Å². The predicted molar refractivity (Wildman–Crippen MR) is 205 cm³/mol. The highest BCUT2D eigenvalue weighted by Crippen LogP contribution is 2.73. The molecule has 3 aliphatic heterocycles. The third-order valence-electron chi connectivity index (χ3n) is 15.5. The standard InChI is InChI=1S/C42H64O20/c1-18-13-41-11-7-24-39(4,9-6-10-40(24,5)38(54)61-36-33(53)30(50)27(47)22(58-36)15-55-19(2)44)25(41)8-12-42(18,17-41)62-37-34(31(51)28(48)23(59-37)16-56-20(3)45)60-35-32(52)29(49)26(46)21(14-43)57-35/h21-37,43,46-53H,1,6-17H2,2-5H3/t21-,22-,23-,24+,25+,26-,27-,28-,29+,30+,31+,32-,33-,34-,35+,36+,37+,39-,40-,41-,42+/m1/s1. The van der Waals surface area contributed by atoms with E-state index in [0.29, 0.717) is 51.4 Å². The zero-order chi connectivity index (χ0) is 45.3. The summed E-state index contributed by atoms with van der Waals surface area (Å²) < 4.78 is 46.3. The van der Waals surface area contributed by atoms with Gasteiger partial charge in [0.1, 0.15) is 86.5 Å². The first kappa shape index (κ1) is 47.5. The van der Waals surface area contributed by atoms with Crippen molar-refractivity contribution < 1.29 is 98.2 Å². The average molecular weight is 889 g/mol. The number of rotatable bonds is 11. The van der Waals surface area contributed by atoms with E-state index in [9.17, 15) is 60.3 Å². The summed E-state index contributed by atoms with van der Waals surface area (Å²) in [5.74, 6) is -2.01. The molecule has 3 heterocycles. The van der Waals surface area contributed by atoms with Crippen LogP contribution >= 0.6 is 0 Å². The maximum absolute atomic E-state index is 14.3. The van der Waals surface area contributed by atoms with Crippen LogP contribution in [0.2, 0.25) is 0 Å². The van der Waals surface area contributed by atoms with Gasteiger partial charge in [-0.15, -0.1) is 0 Å². The summed E-state index contributed by atoms with van der Waals surface area (Å²) in [7, 11) is 0. The van der Waals surface area contributed by atoms with Crippen molar-refractivity contribution in [2.75, 3.05) is 19.8 Å². The van der Waals surface area contributed by atoms with Gasteiger partial charge in [-0.2, -0.15) is 0 Å². The maximum atomic E-state index is 14.3. The molecule has 2 bridgehead atoms. The number of aliphatic hydroxyl groups excluding tert-OH is 9. The molecule has 20 nitrogen and oxygen atoms in total. The van der Waals surface area contributed by atoms with Crippen molar-refractivity contribution in [3.63, 3.8) is 0 Å². The average Bonchev–Trinajstić information content (AvgIpc) is 3.42. The van der Waals surface area contributed by atoms with Gasteiger partial charge in [-0.25, -0.2) is 0 Å². The van der Waals surface area contributed by atoms with Crippen LogP contribution in [0.4, 0.5) is 0 Å². The number of esters is 3. The monoisotopic (exact) mass is 888 g/mol. The Kier molecular flexibility index (Phi) is 13.6. The summed E-state index contributed by atoms with van der Waals surface area (Å²) in [6.45, 7) is 9.29. The number of fused-ring (bicyclic) bond motifs is 3. The quantitative estimate of drug-likeness (QED) is 0.0479. The lowest BCUT2D eigenvalue weighted by Crippen LogP contribution is -2.66. The van der Waals surface area contributed by atoms with Crippen LogP contribution < -0.4 is 0 Å². The third kappa shape index (κ3) is 8.24. The van der Waals surface area contributed by atoms with E-state index in [1.165, 1.54) is 13.8 Å². The lowest BCUT2D eigenvalue weighted by molar-refractivity contribution is -0.378. The lowest BCUT2D eigenvalue weighted by Gasteiger charge is -2.64. The molecule has 352 valence electrons. The summed E-state index contributed by atoms with van der Waals surface area (Å²) >= 11 is 0. The Balaban J connectivity index is 1.10. The highest BCUT2D eigenvalue weighted by Gasteiger charge is 2.69. The second kappa shape index (κ2) is 17.8. The Bertz CT molecular complexity index is 1680. The van der Waals surface area contributed by atoms with Gasteiger partial charge in [0.25, 0.3) is 0 Å². The Labute approximate surface area is 359 Å². The van der Waals surface area contributed by atoms with Crippen molar-refractivity contribution in [1.82, 2.24) is 0 Å². The van der Waals surface area contributed by atoms with Gasteiger partial charge in [-0.1, -0.05) is 19.9 Å². The van der Waals surface area contributed by atoms with E-state index in [1.807, 2.05) is 6.92 Å². The molecule has 0 aromatic carbocycles. The second-order valence-corrected chi connectivity index (χ2v) is 19.2. The summed E-state index contributed by atoms with van der Waals surface area (Å²) in [5, 5.41) is 95.9. The molecule has 62 heavy (non-hydrogen) atoms. The molecule has 4 aliphatic carbocycles. The molecule has 0 unspecified atom stereocenters. The molecule has 0 aromatic rings. The van der Waals surface area contributed by atoms with E-state index in [2.05, 4.69) is 13.5 Å². The maximum Gasteiger partial charge on any atom is 0.314 e. The van der Waals surface area contributed by atoms with Gasteiger partial charge in [0.05, 0.1) is 17.6 Å². The number of hydrogen-bond acceptors (Lipinski definition) is 20. The highest BCUT2D eigenvalue weighted by atomic mass is 16.8. The normalized spacial score (nSPS) is 50.2. The molecule has 0 radical (unpaired) electrons. The molecule has 1 spiro atoms. The van der Waals surface area contributed by atoms with E-state index < -0.39 is 141 Å². The smallest absolute Gasteiger partial charge is 0.314 e. The highest BCUT2D eigenvalue weighted by molar-refractivity contribution is 5.77. The van der Waals surface area contributed by atoms with Crippen LogP contribution in [0, 0.1) is 28.1 Å². The Morgan fingerprint density at radius 1 is 0.677 bits per heavy atom. The van der Waals surface area contributed by atoms with E-state index in [-0.39, 0.29) is 22.7 Å². The van der Waals surface area contributed by atoms with Crippen molar-refractivity contribution in [3.05, 3.63) is 12.2 Å². The molecule has 21 atom stereocenters. The van der Waals surface area contributed by atoms with Crippen LogP contribution in [-0.2, 0) is 52.3 Å². The zero-order valence-corrected chi connectivity index (χ0v) is 35.5. The van der Waals surface area contributed by atoms with Gasteiger partial charge in [0.2, 0.25) is 6.29 Å². The molecule has 7 fully saturated rings. The van der Waals surface area contributed by atoms with Crippen molar-refractivity contribution >= 4 is 17.9 Å². The van der Waals surface area contributed by atoms with Gasteiger partial charge in [0, 0.05) is 13.8 Å². The second-order valence-electron chi connectivity index (χ2n) is 19.2. The SMILES string of the molecule is C=C1C[C@@]23CC[C@H]4[C@@](C)(CCC[C@@]4(C)C(=O)O[C@@H]4O[C@H](COC(C)=O)[C@@H](O)[C@H](O)[C@H]4O)[C@@H]2CC[C@]1(O[C@@H]1O[C@H](COC(C)=O)[C@@H](O)[C@H](O)[C@H]1O[C@@H]1O[C@H](CO)[C@@H](O)[C@H](O)[C@H]1O)C3. The fourth-order valence-corrected chi connectivity index (χ4v) is 12.4. The largest absolute Gasteiger partial charge is 0.463 e. The van der Waals surface area contributed by atoms with Crippen LogP contribution in [-0.4, -0.2) is 181 Å². The first-order valence-corrected chi connectivity index (χ1v) is 21.6. The summed E-state index contributed by atoms with van der Waals surface area (Å²) in [6.07, 6.45) is -18.7. The van der Waals surface area contributed by atoms with Gasteiger partial charge < -0.3 is 83.9 Å². The van der Waals surface area contributed by atoms with Crippen LogP contribution in [0.15, 0.2) is 12.2 Å². The number of carbonyl (C=O) groups excluding carboxylic acids is 3. The van der Waals surface area contributed by atoms with Crippen LogP contribution in [0.1, 0.15) is 85.5 Å². The van der Waals surface area contributed by atoms with Crippen LogP contribution in [0.25, 0.3) is 0 Å². The summed E-state index contributed by atoms with van der Waals surface area (Å²) in [5.41, 5.74) is -2.02. The number of carbonyl (C=O) groups is 3. The first-order valence-electron chi connectivity index (χ1n) is 21.6. The van der Waals surface area contributed by atoms with Crippen LogP contribution in [0.3, 0.4) is 0 Å². The number of aliphatic hydroxyl groups is 9. The van der Waals surface area contributed by atoms with Gasteiger partial charge in [-0.3, -0.25) is 14.4 Å². The lowest BCUT2D eigenvalue weighted by atomic mass is 9.41. The van der Waals surface area contributed by atoms with Crippen molar-refractivity contribution in [2.45, 2.75) is 183 Å². The number of hydrogen-bond donors (Lipinski definition) is 9. The molecular formula is C42H64O20. The summed E-state index contributed by atoms with van der Waals surface area (Å²) in [6, 6.07) is 0. The zero-order valence-electron chi connectivity index (χ0n) is 35.5. The van der Waals surface area contributed by atoms with Crippen LogP contribution in [0.5, 0.6) is 0 Å². The molecule has 4 saturated carbocycles.